The summed E-state index contributed by atoms with van der Waals surface area (Å²) in [6.45, 7) is 3.44. The zero-order valence-corrected chi connectivity index (χ0v) is 17.2. The highest BCUT2D eigenvalue weighted by molar-refractivity contribution is 5.87. The molecular formula is C23H24F3N3O2. The molecule has 0 aromatic heterocycles. The molecule has 0 spiro atoms. The number of halogens is 3. The molecule has 0 saturated heterocycles. The number of nitrogens with one attached hydrogen (secondary N) is 2. The Hall–Kier alpha value is -3.03. The molecule has 1 saturated carbocycles. The number of carbonyl (C=O) groups is 2. The Bertz CT molecular complexity index is 1040. The zero-order chi connectivity index (χ0) is 22.5. The first-order valence-electron chi connectivity index (χ1n) is 10.2. The van der Waals surface area contributed by atoms with Crippen molar-refractivity contribution in [3.8, 4) is 0 Å². The highest BCUT2D eigenvalue weighted by Gasteiger charge is 2.55. The van der Waals surface area contributed by atoms with E-state index in [1.165, 1.54) is 25.1 Å². The third kappa shape index (κ3) is 3.54. The summed E-state index contributed by atoms with van der Waals surface area (Å²) in [6, 6.07) is 6.90. The van der Waals surface area contributed by atoms with Crippen molar-refractivity contribution in [1.29, 1.82) is 0 Å². The number of primary amides is 1. The van der Waals surface area contributed by atoms with E-state index >= 15 is 0 Å². The minimum absolute atomic E-state index is 0.0582. The van der Waals surface area contributed by atoms with Crippen LogP contribution >= 0.6 is 0 Å². The molecule has 2 aliphatic rings. The summed E-state index contributed by atoms with van der Waals surface area (Å²) in [6.07, 6.45) is 0.982. The Kier molecular flexibility index (Phi) is 5.19. The molecule has 2 aromatic carbocycles. The Morgan fingerprint density at radius 2 is 1.77 bits per heavy atom. The van der Waals surface area contributed by atoms with Crippen LogP contribution in [0.3, 0.4) is 0 Å². The summed E-state index contributed by atoms with van der Waals surface area (Å²) in [4.78, 5) is 23.7. The van der Waals surface area contributed by atoms with E-state index in [2.05, 4.69) is 10.6 Å². The van der Waals surface area contributed by atoms with Crippen LogP contribution in [0.2, 0.25) is 0 Å². The molecule has 0 bridgehead atoms. The van der Waals surface area contributed by atoms with Crippen molar-refractivity contribution >= 4 is 17.5 Å². The quantitative estimate of drug-likeness (QED) is 0.677. The van der Waals surface area contributed by atoms with Gasteiger partial charge in [-0.2, -0.15) is 0 Å². The molecule has 4 rings (SSSR count). The number of carbonyl (C=O) groups excluding carboxylic acids is 2. The zero-order valence-electron chi connectivity index (χ0n) is 17.2. The van der Waals surface area contributed by atoms with Crippen molar-refractivity contribution in [1.82, 2.24) is 5.32 Å². The maximum absolute atomic E-state index is 14.6. The summed E-state index contributed by atoms with van der Waals surface area (Å²) in [5.41, 5.74) is 5.97. The molecule has 1 aliphatic heterocycles. The molecule has 4 N–H and O–H groups in total. The molecule has 8 heteroatoms. The van der Waals surface area contributed by atoms with Crippen LogP contribution in [0.15, 0.2) is 36.4 Å². The van der Waals surface area contributed by atoms with E-state index in [1.807, 2.05) is 6.92 Å². The fraction of sp³-hybridized carbons (Fsp3) is 0.391. The van der Waals surface area contributed by atoms with Crippen LogP contribution in [0.25, 0.3) is 0 Å². The molecule has 5 nitrogen and oxygen atoms in total. The second-order valence-electron chi connectivity index (χ2n) is 8.72. The van der Waals surface area contributed by atoms with Gasteiger partial charge >= 0.3 is 0 Å². The fourth-order valence-corrected chi connectivity index (χ4v) is 4.86. The lowest BCUT2D eigenvalue weighted by Crippen LogP contribution is -2.51. The number of benzene rings is 2. The smallest absolute Gasteiger partial charge is 0.239 e. The number of amides is 2. The molecule has 2 unspecified atom stereocenters. The highest BCUT2D eigenvalue weighted by Crippen LogP contribution is 2.59. The number of rotatable bonds is 5. The third-order valence-electron chi connectivity index (χ3n) is 6.87. The first-order chi connectivity index (χ1) is 14.6. The second kappa shape index (κ2) is 7.59. The lowest BCUT2D eigenvalue weighted by atomic mass is 9.56. The molecule has 1 aliphatic carbocycles. The molecule has 2 aromatic rings. The molecule has 3 atom stereocenters. The van der Waals surface area contributed by atoms with Crippen LogP contribution in [0.4, 0.5) is 18.9 Å². The highest BCUT2D eigenvalue weighted by atomic mass is 19.1. The third-order valence-corrected chi connectivity index (χ3v) is 6.87. The maximum atomic E-state index is 14.6. The van der Waals surface area contributed by atoms with E-state index in [4.69, 9.17) is 5.73 Å². The van der Waals surface area contributed by atoms with Gasteiger partial charge in [-0.05, 0) is 55.0 Å². The predicted molar refractivity (Wildman–Crippen MR) is 109 cm³/mol. The average Bonchev–Trinajstić information content (AvgIpc) is 2.94. The van der Waals surface area contributed by atoms with Gasteiger partial charge in [-0.25, -0.2) is 13.2 Å². The van der Waals surface area contributed by atoms with Gasteiger partial charge in [-0.15, -0.1) is 0 Å². The van der Waals surface area contributed by atoms with Gasteiger partial charge in [0.1, 0.15) is 23.5 Å². The Labute approximate surface area is 178 Å². The van der Waals surface area contributed by atoms with Gasteiger partial charge in [0, 0.05) is 17.4 Å². The topological polar surface area (TPSA) is 84.2 Å². The molecule has 1 fully saturated rings. The van der Waals surface area contributed by atoms with Crippen molar-refractivity contribution < 1.29 is 22.8 Å². The summed E-state index contributed by atoms with van der Waals surface area (Å²) in [5, 5.41) is 5.77. The minimum Gasteiger partial charge on any atom is -0.375 e. The lowest BCUT2D eigenvalue weighted by Gasteiger charge is -2.48. The monoisotopic (exact) mass is 431 g/mol. The second-order valence-corrected chi connectivity index (χ2v) is 8.72. The van der Waals surface area contributed by atoms with Crippen molar-refractivity contribution in [2.75, 3.05) is 5.32 Å². The molecular weight excluding hydrogens is 407 g/mol. The maximum Gasteiger partial charge on any atom is 0.239 e. The average molecular weight is 431 g/mol. The van der Waals surface area contributed by atoms with Gasteiger partial charge in [0.15, 0.2) is 0 Å². The van der Waals surface area contributed by atoms with Crippen LogP contribution in [0, 0.1) is 29.3 Å². The number of nitrogens with two attached hydrogens (primary N) is 1. The summed E-state index contributed by atoms with van der Waals surface area (Å²) >= 11 is 0. The van der Waals surface area contributed by atoms with Crippen molar-refractivity contribution in [3.63, 3.8) is 0 Å². The molecule has 1 heterocycles. The normalized spacial score (nSPS) is 27.6. The Balaban J connectivity index is 1.64. The standard InChI is InChI=1S/C23H24F3N3O2/c1-11(21(27)30)28-22(31)13-7-14(8-13)23(2)17-9-16(25)10-18(26)19(17)29-20(23)12-3-5-15(24)6-4-12/h3-6,9-11,13-14,20,29H,7-8H2,1-2H3,(H2,27,30)(H,28,31)/t11-,13-,14-,20?,23?/m1/s1. The van der Waals surface area contributed by atoms with Crippen molar-refractivity contribution in [2.24, 2.45) is 17.6 Å². The van der Waals surface area contributed by atoms with Gasteiger partial charge in [-0.3, -0.25) is 9.59 Å². The van der Waals surface area contributed by atoms with Gasteiger partial charge < -0.3 is 16.4 Å². The van der Waals surface area contributed by atoms with E-state index < -0.39 is 35.0 Å². The molecule has 0 radical (unpaired) electrons. The summed E-state index contributed by atoms with van der Waals surface area (Å²) < 4.78 is 42.2. The van der Waals surface area contributed by atoms with E-state index in [0.29, 0.717) is 18.4 Å². The van der Waals surface area contributed by atoms with E-state index in [9.17, 15) is 22.8 Å². The summed E-state index contributed by atoms with van der Waals surface area (Å²) in [7, 11) is 0. The molecule has 164 valence electrons. The van der Waals surface area contributed by atoms with Crippen LogP contribution in [0.1, 0.15) is 43.9 Å². The molecule has 31 heavy (non-hydrogen) atoms. The van der Waals surface area contributed by atoms with Gasteiger partial charge in [0.25, 0.3) is 0 Å². The number of anilines is 1. The first kappa shape index (κ1) is 21.2. The number of fused-ring (bicyclic) bond motifs is 1. The van der Waals surface area contributed by atoms with Gasteiger partial charge in [-0.1, -0.05) is 19.1 Å². The van der Waals surface area contributed by atoms with E-state index in [1.54, 1.807) is 12.1 Å². The van der Waals surface area contributed by atoms with Crippen LogP contribution in [-0.4, -0.2) is 17.9 Å². The van der Waals surface area contributed by atoms with Crippen LogP contribution in [0.5, 0.6) is 0 Å². The van der Waals surface area contributed by atoms with Crippen molar-refractivity contribution in [2.45, 2.75) is 44.2 Å². The predicted octanol–water partition coefficient (Wildman–Crippen LogP) is 3.54. The largest absolute Gasteiger partial charge is 0.375 e. The lowest BCUT2D eigenvalue weighted by molar-refractivity contribution is -0.133. The SMILES string of the molecule is C[C@@H](NC(=O)[C@H]1C[C@H](C2(C)c3cc(F)cc(F)c3NC2c2ccc(F)cc2)C1)C(N)=O. The first-order valence-corrected chi connectivity index (χ1v) is 10.2. The van der Waals surface area contributed by atoms with E-state index in [0.717, 1.165) is 11.6 Å². The Morgan fingerprint density at radius 3 is 2.39 bits per heavy atom. The van der Waals surface area contributed by atoms with E-state index in [-0.39, 0.29) is 29.2 Å². The van der Waals surface area contributed by atoms with Crippen LogP contribution < -0.4 is 16.4 Å². The van der Waals surface area contributed by atoms with Gasteiger partial charge in [0.2, 0.25) is 11.8 Å². The fourth-order valence-electron chi connectivity index (χ4n) is 4.86. The summed E-state index contributed by atoms with van der Waals surface area (Å²) in [5.74, 6) is -3.00. The number of hydrogen-bond acceptors (Lipinski definition) is 3. The van der Waals surface area contributed by atoms with Crippen molar-refractivity contribution in [3.05, 3.63) is 65.0 Å². The molecule has 2 amide bonds. The number of hydrogen-bond donors (Lipinski definition) is 3. The Morgan fingerprint density at radius 1 is 1.13 bits per heavy atom. The van der Waals surface area contributed by atoms with Gasteiger partial charge in [0.05, 0.1) is 11.7 Å². The van der Waals surface area contributed by atoms with Crippen LogP contribution in [-0.2, 0) is 15.0 Å². The minimum atomic E-state index is -0.772.